The fraction of sp³-hybridized carbons (Fsp3) is 0.261. The third-order valence-corrected chi connectivity index (χ3v) is 5.25. The van der Waals surface area contributed by atoms with Crippen LogP contribution in [0.4, 0.5) is 8.78 Å². The predicted octanol–water partition coefficient (Wildman–Crippen LogP) is 3.89. The SMILES string of the molecule is CC(C)Cn1c(=O)c2c(ncn2C(C)c2ccccc2)n(-c2ccc(F)cc2F)c1=O. The van der Waals surface area contributed by atoms with Gasteiger partial charge in [0.1, 0.15) is 11.6 Å². The first-order valence-corrected chi connectivity index (χ1v) is 10.0. The highest BCUT2D eigenvalue weighted by Crippen LogP contribution is 2.23. The average Bonchev–Trinajstić information content (AvgIpc) is 3.17. The highest BCUT2D eigenvalue weighted by Gasteiger charge is 2.23. The first-order valence-electron chi connectivity index (χ1n) is 10.0. The summed E-state index contributed by atoms with van der Waals surface area (Å²) in [6, 6.07) is 12.2. The van der Waals surface area contributed by atoms with E-state index in [-0.39, 0.29) is 35.4 Å². The molecule has 0 bridgehead atoms. The van der Waals surface area contributed by atoms with Crippen LogP contribution in [0.5, 0.6) is 0 Å². The van der Waals surface area contributed by atoms with E-state index in [9.17, 15) is 18.4 Å². The first kappa shape index (κ1) is 20.7. The van der Waals surface area contributed by atoms with Gasteiger partial charge in [0.25, 0.3) is 5.56 Å². The van der Waals surface area contributed by atoms with Gasteiger partial charge in [0.2, 0.25) is 0 Å². The molecule has 2 aromatic carbocycles. The molecule has 0 aliphatic carbocycles. The molecule has 0 saturated carbocycles. The molecule has 6 nitrogen and oxygen atoms in total. The Hall–Kier alpha value is -3.55. The molecule has 1 unspecified atom stereocenters. The Bertz CT molecular complexity index is 1370. The Morgan fingerprint density at radius 1 is 1.00 bits per heavy atom. The van der Waals surface area contributed by atoms with Gasteiger partial charge in [-0.05, 0) is 30.5 Å². The number of imidazole rings is 1. The van der Waals surface area contributed by atoms with Crippen LogP contribution in [0.2, 0.25) is 0 Å². The summed E-state index contributed by atoms with van der Waals surface area (Å²) in [5.74, 6) is -1.68. The van der Waals surface area contributed by atoms with Crippen LogP contribution in [-0.2, 0) is 6.54 Å². The highest BCUT2D eigenvalue weighted by atomic mass is 19.1. The average molecular weight is 424 g/mol. The summed E-state index contributed by atoms with van der Waals surface area (Å²) in [5, 5.41) is 0. The minimum Gasteiger partial charge on any atom is -0.317 e. The third kappa shape index (κ3) is 3.58. The van der Waals surface area contributed by atoms with Crippen molar-refractivity contribution in [3.05, 3.63) is 92.9 Å². The Morgan fingerprint density at radius 3 is 2.35 bits per heavy atom. The van der Waals surface area contributed by atoms with Crippen LogP contribution in [0.3, 0.4) is 0 Å². The monoisotopic (exact) mass is 424 g/mol. The highest BCUT2D eigenvalue weighted by molar-refractivity contribution is 5.73. The second-order valence-electron chi connectivity index (χ2n) is 7.93. The zero-order valence-corrected chi connectivity index (χ0v) is 17.4. The summed E-state index contributed by atoms with van der Waals surface area (Å²) in [6.07, 6.45) is 1.47. The zero-order chi connectivity index (χ0) is 22.3. The van der Waals surface area contributed by atoms with E-state index in [1.807, 2.05) is 51.1 Å². The topological polar surface area (TPSA) is 61.8 Å². The third-order valence-electron chi connectivity index (χ3n) is 5.25. The van der Waals surface area contributed by atoms with E-state index < -0.39 is 22.9 Å². The molecule has 2 aromatic heterocycles. The van der Waals surface area contributed by atoms with Crippen molar-refractivity contribution in [3.8, 4) is 5.69 Å². The summed E-state index contributed by atoms with van der Waals surface area (Å²) in [6.45, 7) is 5.82. The van der Waals surface area contributed by atoms with Crippen molar-refractivity contribution in [2.24, 2.45) is 5.92 Å². The van der Waals surface area contributed by atoms with Crippen molar-refractivity contribution in [2.75, 3.05) is 0 Å². The predicted molar refractivity (Wildman–Crippen MR) is 115 cm³/mol. The summed E-state index contributed by atoms with van der Waals surface area (Å²) >= 11 is 0. The lowest BCUT2D eigenvalue weighted by molar-refractivity contribution is 0.486. The van der Waals surface area contributed by atoms with E-state index in [1.54, 1.807) is 4.57 Å². The number of benzene rings is 2. The fourth-order valence-corrected chi connectivity index (χ4v) is 3.74. The first-order chi connectivity index (χ1) is 14.8. The number of halogens is 2. The maximum absolute atomic E-state index is 14.6. The van der Waals surface area contributed by atoms with Crippen LogP contribution in [-0.4, -0.2) is 18.7 Å². The summed E-state index contributed by atoms with van der Waals surface area (Å²) in [5.41, 5.74) is -0.209. The number of rotatable bonds is 5. The smallest absolute Gasteiger partial charge is 0.317 e. The largest absolute Gasteiger partial charge is 0.337 e. The molecule has 0 radical (unpaired) electrons. The summed E-state index contributed by atoms with van der Waals surface area (Å²) in [7, 11) is 0. The molecule has 0 aliphatic heterocycles. The molecule has 2 heterocycles. The molecular formula is C23H22F2N4O2. The normalized spacial score (nSPS) is 12.6. The summed E-state index contributed by atoms with van der Waals surface area (Å²) < 4.78 is 32.0. The fourth-order valence-electron chi connectivity index (χ4n) is 3.74. The Labute approximate surface area is 177 Å². The molecule has 0 saturated heterocycles. The van der Waals surface area contributed by atoms with Crippen LogP contribution in [0, 0.1) is 17.6 Å². The van der Waals surface area contributed by atoms with Gasteiger partial charge in [-0.3, -0.25) is 9.36 Å². The molecule has 4 rings (SSSR count). The Kier molecular flexibility index (Phi) is 5.31. The van der Waals surface area contributed by atoms with Gasteiger partial charge in [0.15, 0.2) is 11.2 Å². The van der Waals surface area contributed by atoms with Crippen molar-refractivity contribution in [3.63, 3.8) is 0 Å². The maximum atomic E-state index is 14.6. The molecule has 0 N–H and O–H groups in total. The molecule has 1 atom stereocenters. The lowest BCUT2D eigenvalue weighted by Crippen LogP contribution is -2.41. The lowest BCUT2D eigenvalue weighted by atomic mass is 10.1. The zero-order valence-electron chi connectivity index (χ0n) is 17.4. The number of nitrogens with zero attached hydrogens (tertiary/aromatic N) is 4. The molecule has 0 spiro atoms. The van der Waals surface area contributed by atoms with Crippen LogP contribution in [0.15, 0.2) is 64.4 Å². The molecule has 160 valence electrons. The number of fused-ring (bicyclic) bond motifs is 1. The minimum atomic E-state index is -0.913. The van der Waals surface area contributed by atoms with E-state index in [0.717, 1.165) is 20.8 Å². The van der Waals surface area contributed by atoms with Crippen molar-refractivity contribution < 1.29 is 8.78 Å². The van der Waals surface area contributed by atoms with E-state index in [2.05, 4.69) is 4.98 Å². The molecule has 31 heavy (non-hydrogen) atoms. The lowest BCUT2D eigenvalue weighted by Gasteiger charge is -2.17. The standard InChI is InChI=1S/C23H22F2N4O2/c1-14(2)12-27-22(30)20-21(26-13-28(20)15(3)16-7-5-4-6-8-16)29(23(27)31)19-10-9-17(24)11-18(19)25/h4-11,13-15H,12H2,1-3H3. The van der Waals surface area contributed by atoms with Gasteiger partial charge >= 0.3 is 5.69 Å². The number of hydrogen-bond donors (Lipinski definition) is 0. The van der Waals surface area contributed by atoms with E-state index >= 15 is 0 Å². The van der Waals surface area contributed by atoms with Crippen LogP contribution in [0.1, 0.15) is 32.4 Å². The Morgan fingerprint density at radius 2 is 1.71 bits per heavy atom. The molecule has 4 aromatic rings. The van der Waals surface area contributed by atoms with E-state index in [4.69, 9.17) is 0 Å². The molecule has 0 fully saturated rings. The van der Waals surface area contributed by atoms with Gasteiger partial charge in [0, 0.05) is 12.6 Å². The molecule has 8 heteroatoms. The van der Waals surface area contributed by atoms with Crippen LogP contribution in [0.25, 0.3) is 16.9 Å². The number of aromatic nitrogens is 4. The van der Waals surface area contributed by atoms with Crippen molar-refractivity contribution in [1.82, 2.24) is 18.7 Å². The maximum Gasteiger partial charge on any atom is 0.337 e. The van der Waals surface area contributed by atoms with Gasteiger partial charge in [-0.2, -0.15) is 0 Å². The van der Waals surface area contributed by atoms with E-state index in [1.165, 1.54) is 12.4 Å². The number of hydrogen-bond acceptors (Lipinski definition) is 3. The van der Waals surface area contributed by atoms with Gasteiger partial charge in [-0.15, -0.1) is 0 Å². The van der Waals surface area contributed by atoms with Crippen molar-refractivity contribution in [2.45, 2.75) is 33.4 Å². The quantitative estimate of drug-likeness (QED) is 0.488. The van der Waals surface area contributed by atoms with Gasteiger partial charge in [-0.25, -0.2) is 23.1 Å². The Balaban J connectivity index is 2.08. The molecular weight excluding hydrogens is 402 g/mol. The second-order valence-corrected chi connectivity index (χ2v) is 7.93. The van der Waals surface area contributed by atoms with Gasteiger partial charge < -0.3 is 4.57 Å². The molecule has 0 aliphatic rings. The van der Waals surface area contributed by atoms with Crippen molar-refractivity contribution in [1.29, 1.82) is 0 Å². The molecule has 0 amide bonds. The minimum absolute atomic E-state index is 0.00252. The van der Waals surface area contributed by atoms with Gasteiger partial charge in [-0.1, -0.05) is 44.2 Å². The van der Waals surface area contributed by atoms with Crippen LogP contribution >= 0.6 is 0 Å². The van der Waals surface area contributed by atoms with Crippen LogP contribution < -0.4 is 11.2 Å². The van der Waals surface area contributed by atoms with Crippen molar-refractivity contribution >= 4 is 11.2 Å². The summed E-state index contributed by atoms with van der Waals surface area (Å²) in [4.78, 5) is 30.9. The van der Waals surface area contributed by atoms with Gasteiger partial charge in [0.05, 0.1) is 18.1 Å². The second kappa shape index (κ2) is 7.94. The van der Waals surface area contributed by atoms with E-state index in [0.29, 0.717) is 6.07 Å².